The molecule has 0 heterocycles. The van der Waals surface area contributed by atoms with Crippen molar-refractivity contribution in [3.05, 3.63) is 41.0 Å². The molecule has 0 saturated carbocycles. The summed E-state index contributed by atoms with van der Waals surface area (Å²) in [5, 5.41) is 0. The Morgan fingerprint density at radius 2 is 1.83 bits per heavy atom. The number of aryl methyl sites for hydroxylation is 2. The zero-order valence-electron chi connectivity index (χ0n) is 14.4. The summed E-state index contributed by atoms with van der Waals surface area (Å²) in [6, 6.07) is 7.58. The van der Waals surface area contributed by atoms with Gasteiger partial charge in [-0.25, -0.2) is 0 Å². The van der Waals surface area contributed by atoms with Gasteiger partial charge in [0.2, 0.25) is 0 Å². The molecule has 23 heavy (non-hydrogen) atoms. The molecule has 0 aromatic carbocycles. The summed E-state index contributed by atoms with van der Waals surface area (Å²) < 4.78 is 33.2. The van der Waals surface area contributed by atoms with Crippen molar-refractivity contribution in [2.45, 2.75) is 64.2 Å². The van der Waals surface area contributed by atoms with Gasteiger partial charge in [0.05, 0.1) is 0 Å². The summed E-state index contributed by atoms with van der Waals surface area (Å²) in [6.45, 7) is 8.40. The molecule has 2 aliphatic rings. The zero-order chi connectivity index (χ0) is 17.2. The van der Waals surface area contributed by atoms with E-state index in [2.05, 4.69) is 26.8 Å². The van der Waals surface area contributed by atoms with E-state index in [1.807, 2.05) is 19.1 Å². The van der Waals surface area contributed by atoms with Gasteiger partial charge in [-0.15, -0.1) is 0 Å². The van der Waals surface area contributed by atoms with Crippen molar-refractivity contribution in [1.82, 2.24) is 0 Å². The van der Waals surface area contributed by atoms with Crippen molar-refractivity contribution in [3.63, 3.8) is 0 Å². The molecule has 0 radical (unpaired) electrons. The van der Waals surface area contributed by atoms with E-state index in [-0.39, 0.29) is 4.90 Å². The monoisotopic (exact) mass is 334 g/mol. The topological polar surface area (TPSA) is 54.4 Å². The lowest BCUT2D eigenvalue weighted by atomic mass is 9.99. The highest BCUT2D eigenvalue weighted by molar-refractivity contribution is 7.86. The van der Waals surface area contributed by atoms with Crippen molar-refractivity contribution in [2.24, 2.45) is 0 Å². The lowest BCUT2D eigenvalue weighted by Gasteiger charge is -2.06. The molecule has 0 unspecified atom stereocenters. The minimum absolute atomic E-state index is 0.0352. The number of fused-ring (bicyclic) bond motifs is 1. The van der Waals surface area contributed by atoms with Gasteiger partial charge in [0.15, 0.2) is 0 Å². The van der Waals surface area contributed by atoms with Crippen LogP contribution in [-0.4, -0.2) is 13.0 Å². The Kier molecular flexibility index (Phi) is 5.48. The predicted octanol–water partition coefficient (Wildman–Crippen LogP) is 5.20. The third-order valence-corrected chi connectivity index (χ3v) is 5.27. The van der Waals surface area contributed by atoms with Crippen LogP contribution in [0, 0.1) is 6.92 Å². The second-order valence-electron chi connectivity index (χ2n) is 6.57. The molecule has 0 aromatic heterocycles. The molecule has 0 aliphatic heterocycles. The van der Waals surface area contributed by atoms with Gasteiger partial charge in [-0.1, -0.05) is 51.8 Å². The highest BCUT2D eigenvalue weighted by atomic mass is 32.2. The second-order valence-corrected chi connectivity index (χ2v) is 7.96. The molecule has 0 bridgehead atoms. The van der Waals surface area contributed by atoms with Gasteiger partial charge in [-0.2, -0.15) is 8.42 Å². The first-order chi connectivity index (χ1) is 10.8. The first-order valence-corrected chi connectivity index (χ1v) is 9.73. The van der Waals surface area contributed by atoms with Gasteiger partial charge in [0.25, 0.3) is 10.1 Å². The maximum absolute atomic E-state index is 11.8. The Hall–Kier alpha value is -1.39. The van der Waals surface area contributed by atoms with Crippen LogP contribution in [0.4, 0.5) is 0 Å². The number of hydrogen-bond acceptors (Lipinski definition) is 2. The lowest BCUT2D eigenvalue weighted by molar-refractivity contribution is 0.484. The van der Waals surface area contributed by atoms with E-state index in [1.54, 1.807) is 6.07 Å². The predicted molar refractivity (Wildman–Crippen MR) is 94.9 cm³/mol. The first kappa shape index (κ1) is 18.0. The van der Waals surface area contributed by atoms with E-state index in [1.165, 1.54) is 5.56 Å². The average Bonchev–Trinajstić information content (AvgIpc) is 2.73. The van der Waals surface area contributed by atoms with Crippen LogP contribution in [0.3, 0.4) is 0 Å². The Bertz CT molecular complexity index is 761. The van der Waals surface area contributed by atoms with E-state index in [0.29, 0.717) is 11.5 Å². The summed E-state index contributed by atoms with van der Waals surface area (Å²) >= 11 is 0. The van der Waals surface area contributed by atoms with Crippen LogP contribution >= 0.6 is 0 Å². The first-order valence-electron chi connectivity index (χ1n) is 8.29. The minimum Gasteiger partial charge on any atom is -0.282 e. The molecule has 0 saturated heterocycles. The Morgan fingerprint density at radius 1 is 1.13 bits per heavy atom. The zero-order valence-corrected chi connectivity index (χ0v) is 15.2. The van der Waals surface area contributed by atoms with Gasteiger partial charge in [0, 0.05) is 5.56 Å². The molecule has 0 spiro atoms. The van der Waals surface area contributed by atoms with Crippen molar-refractivity contribution in [2.75, 3.05) is 0 Å². The standard InChI is InChI=1S/C19H26O3S/c1-5-6-7-8-16-12-18(23(20,21)22)17-10-9-15(13(2)3)11-14(4)19(16)17/h9-13H,5-8H2,1-4H3,(H,20,21,22). The van der Waals surface area contributed by atoms with Crippen molar-refractivity contribution >= 4 is 10.1 Å². The highest BCUT2D eigenvalue weighted by Gasteiger charge is 2.24. The third kappa shape index (κ3) is 3.93. The highest BCUT2D eigenvalue weighted by Crippen LogP contribution is 2.39. The average molecular weight is 334 g/mol. The van der Waals surface area contributed by atoms with Crippen LogP contribution in [0.15, 0.2) is 29.2 Å². The molecule has 4 heteroatoms. The lowest BCUT2D eigenvalue weighted by Crippen LogP contribution is -1.97. The molecular formula is C19H26O3S. The quantitative estimate of drug-likeness (QED) is 0.583. The van der Waals surface area contributed by atoms with Crippen molar-refractivity contribution < 1.29 is 13.0 Å². The maximum Gasteiger partial charge on any atom is 0.295 e. The second kappa shape index (κ2) is 7.02. The number of rotatable bonds is 6. The summed E-state index contributed by atoms with van der Waals surface area (Å²) in [7, 11) is -4.22. The van der Waals surface area contributed by atoms with Crippen LogP contribution in [0.1, 0.15) is 62.6 Å². The number of unbranched alkanes of at least 4 members (excludes halogenated alkanes) is 2. The normalized spacial score (nSPS) is 12.3. The van der Waals surface area contributed by atoms with Crippen LogP contribution in [0.25, 0.3) is 11.1 Å². The molecule has 0 aromatic rings. The molecule has 1 N–H and O–H groups in total. The fraction of sp³-hybridized carbons (Fsp3) is 0.474. The molecule has 0 atom stereocenters. The summed E-state index contributed by atoms with van der Waals surface area (Å²) in [4.78, 5) is 0.0352. The molecule has 0 fully saturated rings. The van der Waals surface area contributed by atoms with Crippen molar-refractivity contribution in [3.8, 4) is 11.1 Å². The number of hydrogen-bond donors (Lipinski definition) is 1. The Balaban J connectivity index is 2.67. The summed E-state index contributed by atoms with van der Waals surface area (Å²) in [5.41, 5.74) is 4.85. The van der Waals surface area contributed by atoms with Crippen LogP contribution < -0.4 is 0 Å². The fourth-order valence-corrected chi connectivity index (χ4v) is 3.86. The third-order valence-electron chi connectivity index (χ3n) is 4.38. The fourth-order valence-electron chi connectivity index (χ4n) is 3.12. The summed E-state index contributed by atoms with van der Waals surface area (Å²) in [5.74, 6) is 0.364. The van der Waals surface area contributed by atoms with E-state index in [0.717, 1.165) is 42.4 Å². The summed E-state index contributed by atoms with van der Waals surface area (Å²) in [6.07, 6.45) is 4.09. The van der Waals surface area contributed by atoms with Gasteiger partial charge < -0.3 is 0 Å². The van der Waals surface area contributed by atoms with Crippen LogP contribution in [-0.2, 0) is 16.5 Å². The molecule has 0 amide bonds. The Labute approximate surface area is 139 Å². The SMILES string of the molecule is CCCCCc1cc(S(=O)(=O)O)c2ccc(C(C)C)cc(C)c1-2. The van der Waals surface area contributed by atoms with Crippen molar-refractivity contribution in [1.29, 1.82) is 0 Å². The smallest absolute Gasteiger partial charge is 0.282 e. The van der Waals surface area contributed by atoms with E-state index < -0.39 is 10.1 Å². The Morgan fingerprint density at radius 3 is 2.39 bits per heavy atom. The van der Waals surface area contributed by atoms with Crippen LogP contribution in [0.5, 0.6) is 0 Å². The largest absolute Gasteiger partial charge is 0.295 e. The maximum atomic E-state index is 11.8. The van der Waals surface area contributed by atoms with Crippen LogP contribution in [0.2, 0.25) is 0 Å². The van der Waals surface area contributed by atoms with Gasteiger partial charge in [-0.3, -0.25) is 4.55 Å². The molecule has 2 rings (SSSR count). The van der Waals surface area contributed by atoms with E-state index >= 15 is 0 Å². The minimum atomic E-state index is -4.22. The van der Waals surface area contributed by atoms with E-state index in [4.69, 9.17) is 0 Å². The molecule has 2 aliphatic carbocycles. The molecule has 3 nitrogen and oxygen atoms in total. The van der Waals surface area contributed by atoms with Gasteiger partial charge in [0.1, 0.15) is 4.90 Å². The molecular weight excluding hydrogens is 308 g/mol. The molecule has 126 valence electrons. The van der Waals surface area contributed by atoms with Gasteiger partial charge >= 0.3 is 0 Å². The van der Waals surface area contributed by atoms with E-state index in [9.17, 15) is 13.0 Å². The van der Waals surface area contributed by atoms with Gasteiger partial charge in [-0.05, 0) is 54.0 Å².